The summed E-state index contributed by atoms with van der Waals surface area (Å²) in [7, 11) is 0. The summed E-state index contributed by atoms with van der Waals surface area (Å²) in [6.45, 7) is 11.9. The molecule has 0 aliphatic heterocycles. The Kier molecular flexibility index (Phi) is 4.29. The molecule has 1 amide bonds. The van der Waals surface area contributed by atoms with Gasteiger partial charge < -0.3 is 5.32 Å². The number of hydrogen-bond donors (Lipinski definition) is 1. The molecular weight excluding hydrogens is 198 g/mol. The molecule has 1 rings (SSSR count). The van der Waals surface area contributed by atoms with Crippen molar-refractivity contribution in [2.45, 2.75) is 32.7 Å². The third kappa shape index (κ3) is 2.72. The zero-order valence-corrected chi connectivity index (χ0v) is 10.0. The molecule has 0 bridgehead atoms. The Morgan fingerprint density at radius 3 is 2.50 bits per heavy atom. The van der Waals surface area contributed by atoms with Crippen LogP contribution in [0.4, 0.5) is 0 Å². The fraction of sp³-hybridized carbons (Fsp3) is 0.357. The maximum absolute atomic E-state index is 12.0. The molecule has 0 fully saturated rings. The van der Waals surface area contributed by atoms with Gasteiger partial charge in [-0.1, -0.05) is 39.1 Å². The first kappa shape index (κ1) is 12.5. The summed E-state index contributed by atoms with van der Waals surface area (Å²) in [5, 5.41) is 4.51. The maximum atomic E-state index is 12.0. The van der Waals surface area contributed by atoms with Crippen LogP contribution in [-0.2, 0) is 0 Å². The second-order valence-electron chi connectivity index (χ2n) is 3.93. The first-order chi connectivity index (χ1) is 7.60. The SMILES string of the molecule is C=c1cccc(C(=O)NC(CC)CC)c1=C. The molecule has 0 aliphatic carbocycles. The van der Waals surface area contributed by atoms with Crippen LogP contribution in [0.1, 0.15) is 37.0 Å². The quantitative estimate of drug-likeness (QED) is 0.812. The number of carbonyl (C=O) groups is 1. The minimum atomic E-state index is -0.0517. The first-order valence-electron chi connectivity index (χ1n) is 5.67. The zero-order valence-electron chi connectivity index (χ0n) is 10.0. The van der Waals surface area contributed by atoms with Crippen molar-refractivity contribution in [3.05, 3.63) is 34.2 Å². The van der Waals surface area contributed by atoms with E-state index in [0.717, 1.165) is 18.1 Å². The van der Waals surface area contributed by atoms with Crippen molar-refractivity contribution in [3.8, 4) is 0 Å². The van der Waals surface area contributed by atoms with E-state index in [-0.39, 0.29) is 11.9 Å². The van der Waals surface area contributed by atoms with E-state index in [1.165, 1.54) is 0 Å². The van der Waals surface area contributed by atoms with Crippen molar-refractivity contribution in [2.24, 2.45) is 0 Å². The summed E-state index contributed by atoms with van der Waals surface area (Å²) in [6.07, 6.45) is 1.89. The number of nitrogens with one attached hydrogen (secondary N) is 1. The smallest absolute Gasteiger partial charge is 0.252 e. The summed E-state index contributed by atoms with van der Waals surface area (Å²) < 4.78 is 0. The highest BCUT2D eigenvalue weighted by Crippen LogP contribution is 1.98. The van der Waals surface area contributed by atoms with Crippen LogP contribution in [0.5, 0.6) is 0 Å². The lowest BCUT2D eigenvalue weighted by Crippen LogP contribution is -2.39. The predicted octanol–water partition coefficient (Wildman–Crippen LogP) is 1.43. The standard InChI is InChI=1S/C14H19NO/c1-5-12(6-2)15-14(16)13-9-7-8-10(3)11(13)4/h7-9,12H,3-6H2,1-2H3,(H,15,16). The van der Waals surface area contributed by atoms with E-state index in [0.29, 0.717) is 10.8 Å². The minimum Gasteiger partial charge on any atom is -0.349 e. The number of carbonyl (C=O) groups excluding carboxylic acids is 1. The second kappa shape index (κ2) is 5.50. The van der Waals surface area contributed by atoms with E-state index in [1.807, 2.05) is 12.1 Å². The molecule has 0 atom stereocenters. The molecule has 0 heterocycles. The topological polar surface area (TPSA) is 29.1 Å². The van der Waals surface area contributed by atoms with Gasteiger partial charge in [0.2, 0.25) is 0 Å². The summed E-state index contributed by atoms with van der Waals surface area (Å²) in [5.74, 6) is -0.0517. The van der Waals surface area contributed by atoms with Gasteiger partial charge in [-0.15, -0.1) is 0 Å². The molecule has 2 nitrogen and oxygen atoms in total. The molecule has 0 saturated heterocycles. The van der Waals surface area contributed by atoms with Crippen molar-refractivity contribution in [3.63, 3.8) is 0 Å². The maximum Gasteiger partial charge on any atom is 0.252 e. The van der Waals surface area contributed by atoms with Gasteiger partial charge in [0.15, 0.2) is 0 Å². The van der Waals surface area contributed by atoms with Crippen LogP contribution in [0.2, 0.25) is 0 Å². The fourth-order valence-corrected chi connectivity index (χ4v) is 1.60. The summed E-state index contributed by atoms with van der Waals surface area (Å²) in [4.78, 5) is 12.0. The number of amides is 1. The monoisotopic (exact) mass is 217 g/mol. The van der Waals surface area contributed by atoms with Gasteiger partial charge in [-0.3, -0.25) is 4.79 Å². The first-order valence-corrected chi connectivity index (χ1v) is 5.67. The van der Waals surface area contributed by atoms with Crippen molar-refractivity contribution < 1.29 is 4.79 Å². The van der Waals surface area contributed by atoms with Crippen LogP contribution < -0.4 is 15.8 Å². The van der Waals surface area contributed by atoms with E-state index < -0.39 is 0 Å². The van der Waals surface area contributed by atoms with Crippen molar-refractivity contribution in [1.82, 2.24) is 5.32 Å². The molecule has 0 saturated carbocycles. The molecule has 0 aromatic heterocycles. The van der Waals surface area contributed by atoms with Crippen molar-refractivity contribution in [1.29, 1.82) is 0 Å². The van der Waals surface area contributed by atoms with Crippen LogP contribution in [0.3, 0.4) is 0 Å². The Morgan fingerprint density at radius 2 is 1.94 bits per heavy atom. The highest BCUT2D eigenvalue weighted by molar-refractivity contribution is 5.94. The lowest BCUT2D eigenvalue weighted by atomic mass is 10.1. The van der Waals surface area contributed by atoms with E-state index in [1.54, 1.807) is 6.07 Å². The van der Waals surface area contributed by atoms with E-state index in [9.17, 15) is 4.79 Å². The predicted molar refractivity (Wildman–Crippen MR) is 68.6 cm³/mol. The Morgan fingerprint density at radius 1 is 1.31 bits per heavy atom. The Labute approximate surface area is 96.7 Å². The lowest BCUT2D eigenvalue weighted by Gasteiger charge is -2.14. The molecule has 1 aromatic rings. The van der Waals surface area contributed by atoms with Crippen molar-refractivity contribution in [2.75, 3.05) is 0 Å². The van der Waals surface area contributed by atoms with E-state index in [4.69, 9.17) is 0 Å². The van der Waals surface area contributed by atoms with Crippen LogP contribution in [0.15, 0.2) is 18.2 Å². The Balaban J connectivity index is 2.93. The second-order valence-corrected chi connectivity index (χ2v) is 3.93. The molecule has 86 valence electrons. The van der Waals surface area contributed by atoms with Crippen LogP contribution in [0.25, 0.3) is 13.2 Å². The zero-order chi connectivity index (χ0) is 12.1. The van der Waals surface area contributed by atoms with Crippen LogP contribution >= 0.6 is 0 Å². The van der Waals surface area contributed by atoms with Gasteiger partial charge in [0.05, 0.1) is 0 Å². The molecule has 1 N–H and O–H groups in total. The third-order valence-electron chi connectivity index (χ3n) is 2.84. The average molecular weight is 217 g/mol. The Bertz CT molecular complexity index is 460. The molecule has 16 heavy (non-hydrogen) atoms. The number of benzene rings is 1. The largest absolute Gasteiger partial charge is 0.349 e. The van der Waals surface area contributed by atoms with E-state index in [2.05, 4.69) is 32.3 Å². The Hall–Kier alpha value is -1.57. The highest BCUT2D eigenvalue weighted by Gasteiger charge is 2.10. The third-order valence-corrected chi connectivity index (χ3v) is 2.84. The fourth-order valence-electron chi connectivity index (χ4n) is 1.60. The van der Waals surface area contributed by atoms with Crippen LogP contribution in [0, 0.1) is 0 Å². The molecule has 1 aromatic carbocycles. The summed E-state index contributed by atoms with van der Waals surface area (Å²) in [6, 6.07) is 5.71. The van der Waals surface area contributed by atoms with Crippen LogP contribution in [-0.4, -0.2) is 11.9 Å². The minimum absolute atomic E-state index is 0.0517. The van der Waals surface area contributed by atoms with E-state index >= 15 is 0 Å². The number of rotatable bonds is 4. The summed E-state index contributed by atoms with van der Waals surface area (Å²) in [5.41, 5.74) is 0.624. The van der Waals surface area contributed by atoms with Gasteiger partial charge in [0.25, 0.3) is 5.91 Å². The van der Waals surface area contributed by atoms with Crippen molar-refractivity contribution >= 4 is 19.1 Å². The van der Waals surface area contributed by atoms with Gasteiger partial charge in [0.1, 0.15) is 0 Å². The summed E-state index contributed by atoms with van der Waals surface area (Å²) >= 11 is 0. The van der Waals surface area contributed by atoms with Gasteiger partial charge >= 0.3 is 0 Å². The van der Waals surface area contributed by atoms with Gasteiger partial charge in [-0.25, -0.2) is 0 Å². The molecule has 0 unspecified atom stereocenters. The average Bonchev–Trinajstić information content (AvgIpc) is 2.29. The number of hydrogen-bond acceptors (Lipinski definition) is 1. The molecule has 2 heteroatoms. The molecule has 0 spiro atoms. The molecular formula is C14H19NO. The molecule has 0 radical (unpaired) electrons. The lowest BCUT2D eigenvalue weighted by molar-refractivity contribution is 0.0934. The van der Waals surface area contributed by atoms with Gasteiger partial charge in [0, 0.05) is 11.6 Å². The molecule has 0 aliphatic rings. The van der Waals surface area contributed by atoms with Gasteiger partial charge in [-0.05, 0) is 29.3 Å². The highest BCUT2D eigenvalue weighted by atomic mass is 16.1. The normalized spacial score (nSPS) is 10.4. The van der Waals surface area contributed by atoms with Gasteiger partial charge in [-0.2, -0.15) is 0 Å².